The van der Waals surface area contributed by atoms with Crippen LogP contribution in [0.4, 0.5) is 0 Å². The van der Waals surface area contributed by atoms with Crippen molar-refractivity contribution in [2.24, 2.45) is 5.73 Å². The molecule has 0 heterocycles. The molecule has 0 fully saturated rings. The summed E-state index contributed by atoms with van der Waals surface area (Å²) in [6.45, 7) is 5.97. The quantitative estimate of drug-likeness (QED) is 0.559. The molecule has 0 rings (SSSR count). The van der Waals surface area contributed by atoms with E-state index in [1.54, 1.807) is 4.90 Å². The Bertz CT molecular complexity index is 212. The van der Waals surface area contributed by atoms with Crippen molar-refractivity contribution >= 4 is 5.91 Å². The number of nitrogens with two attached hydrogens (primary N) is 1. The fourth-order valence-corrected chi connectivity index (χ4v) is 1.76. The van der Waals surface area contributed by atoms with Crippen LogP contribution in [0.15, 0.2) is 0 Å². The number of carbonyl (C=O) groups excluding carboxylic acids is 1. The maximum absolute atomic E-state index is 11.8. The summed E-state index contributed by atoms with van der Waals surface area (Å²) >= 11 is 0. The Morgan fingerprint density at radius 3 is 2.44 bits per heavy atom. The average Bonchev–Trinajstić information content (AvgIpc) is 2.38. The molecule has 1 amide bonds. The molecule has 3 N–H and O–H groups in total. The number of amides is 1. The van der Waals surface area contributed by atoms with Gasteiger partial charge in [-0.15, -0.1) is 0 Å². The number of aliphatic hydroxyl groups is 1. The van der Waals surface area contributed by atoms with Gasteiger partial charge in [0.2, 0.25) is 5.91 Å². The highest BCUT2D eigenvalue weighted by molar-refractivity contribution is 5.76. The smallest absolute Gasteiger partial charge is 0.223 e. The van der Waals surface area contributed by atoms with Crippen molar-refractivity contribution in [1.29, 1.82) is 0 Å². The van der Waals surface area contributed by atoms with Crippen LogP contribution in [0.3, 0.4) is 0 Å². The molecular weight excluding hydrogens is 230 g/mol. The lowest BCUT2D eigenvalue weighted by atomic mass is 10.2. The lowest BCUT2D eigenvalue weighted by molar-refractivity contribution is -0.130. The third kappa shape index (κ3) is 8.44. The van der Waals surface area contributed by atoms with Crippen molar-refractivity contribution in [2.45, 2.75) is 32.6 Å². The van der Waals surface area contributed by atoms with Gasteiger partial charge in [-0.3, -0.25) is 4.79 Å². The Hall–Kier alpha value is -0.650. The van der Waals surface area contributed by atoms with Crippen LogP contribution in [0.5, 0.6) is 0 Å². The fourth-order valence-electron chi connectivity index (χ4n) is 1.76. The van der Waals surface area contributed by atoms with E-state index in [2.05, 4.69) is 11.8 Å². The van der Waals surface area contributed by atoms with Crippen molar-refractivity contribution in [3.8, 4) is 0 Å². The predicted molar refractivity (Wildman–Crippen MR) is 74.4 cm³/mol. The molecule has 0 aromatic rings. The first-order valence-corrected chi connectivity index (χ1v) is 6.92. The summed E-state index contributed by atoms with van der Waals surface area (Å²) in [4.78, 5) is 15.7. The molecule has 0 aliphatic carbocycles. The molecule has 5 heteroatoms. The van der Waals surface area contributed by atoms with Crippen LogP contribution in [0.2, 0.25) is 0 Å². The molecule has 0 saturated carbocycles. The number of nitrogens with zero attached hydrogens (tertiary/aromatic N) is 2. The molecule has 0 aliphatic rings. The minimum absolute atomic E-state index is 0.154. The summed E-state index contributed by atoms with van der Waals surface area (Å²) in [6, 6.07) is 0. The van der Waals surface area contributed by atoms with Gasteiger partial charge in [0.1, 0.15) is 0 Å². The zero-order valence-corrected chi connectivity index (χ0v) is 11.9. The van der Waals surface area contributed by atoms with Crippen LogP contribution in [-0.2, 0) is 4.79 Å². The van der Waals surface area contributed by atoms with Gasteiger partial charge in [-0.2, -0.15) is 0 Å². The predicted octanol–water partition coefficient (Wildman–Crippen LogP) is 0.278. The number of unbranched alkanes of at least 4 members (excludes halogenated alkanes) is 1. The summed E-state index contributed by atoms with van der Waals surface area (Å²) in [5, 5.41) is 8.98. The third-order valence-electron chi connectivity index (χ3n) is 3.01. The number of aliphatic hydroxyl groups excluding tert-OH is 1. The summed E-state index contributed by atoms with van der Waals surface area (Å²) in [7, 11) is 1.82. The van der Waals surface area contributed by atoms with E-state index in [1.165, 1.54) is 0 Å². The summed E-state index contributed by atoms with van der Waals surface area (Å²) in [5.41, 5.74) is 5.42. The highest BCUT2D eigenvalue weighted by Gasteiger charge is 2.11. The molecule has 0 aromatic heterocycles. The molecule has 0 bridgehead atoms. The second-order valence-corrected chi connectivity index (χ2v) is 4.63. The number of rotatable bonds is 11. The number of carbonyl (C=O) groups is 1. The van der Waals surface area contributed by atoms with E-state index < -0.39 is 0 Å². The maximum atomic E-state index is 11.8. The van der Waals surface area contributed by atoms with Crippen LogP contribution in [0, 0.1) is 0 Å². The fraction of sp³-hybridized carbons (Fsp3) is 0.923. The molecule has 0 aliphatic heterocycles. The van der Waals surface area contributed by atoms with E-state index in [9.17, 15) is 4.79 Å². The van der Waals surface area contributed by atoms with E-state index in [1.807, 2.05) is 7.05 Å². The second-order valence-electron chi connectivity index (χ2n) is 4.63. The van der Waals surface area contributed by atoms with Gasteiger partial charge in [-0.05, 0) is 25.9 Å². The molecule has 108 valence electrons. The van der Waals surface area contributed by atoms with E-state index in [4.69, 9.17) is 10.8 Å². The second kappa shape index (κ2) is 11.4. The third-order valence-corrected chi connectivity index (χ3v) is 3.01. The van der Waals surface area contributed by atoms with Gasteiger partial charge in [0.15, 0.2) is 0 Å². The maximum Gasteiger partial charge on any atom is 0.223 e. The number of hydrogen-bond donors (Lipinski definition) is 2. The zero-order chi connectivity index (χ0) is 13.8. The molecule has 0 spiro atoms. The van der Waals surface area contributed by atoms with E-state index in [0.717, 1.165) is 38.9 Å². The summed E-state index contributed by atoms with van der Waals surface area (Å²) in [6.07, 6.45) is 3.60. The van der Waals surface area contributed by atoms with Gasteiger partial charge in [0, 0.05) is 33.1 Å². The van der Waals surface area contributed by atoms with E-state index in [0.29, 0.717) is 19.5 Å². The summed E-state index contributed by atoms with van der Waals surface area (Å²) < 4.78 is 0. The Balaban J connectivity index is 3.89. The summed E-state index contributed by atoms with van der Waals surface area (Å²) in [5.74, 6) is 0.155. The van der Waals surface area contributed by atoms with E-state index in [-0.39, 0.29) is 12.5 Å². The van der Waals surface area contributed by atoms with Crippen LogP contribution >= 0.6 is 0 Å². The largest absolute Gasteiger partial charge is 0.395 e. The normalized spacial score (nSPS) is 10.9. The monoisotopic (exact) mass is 259 g/mol. The first-order valence-electron chi connectivity index (χ1n) is 6.92. The van der Waals surface area contributed by atoms with Crippen LogP contribution in [0.25, 0.3) is 0 Å². The molecule has 0 atom stereocenters. The van der Waals surface area contributed by atoms with Gasteiger partial charge in [-0.25, -0.2) is 0 Å². The molecular formula is C13H29N3O2. The van der Waals surface area contributed by atoms with Gasteiger partial charge < -0.3 is 20.6 Å². The first-order chi connectivity index (χ1) is 8.65. The molecule has 0 aromatic carbocycles. The highest BCUT2D eigenvalue weighted by Crippen LogP contribution is 1.99. The standard InChI is InChI=1S/C13H29N3O2/c1-3-4-9-16(11-12-17)10-6-13(18)15(2)8-5-7-14/h17H,3-12,14H2,1-2H3. The van der Waals surface area contributed by atoms with Gasteiger partial charge in [0.25, 0.3) is 0 Å². The molecule has 0 unspecified atom stereocenters. The Labute approximate surface area is 111 Å². The lowest BCUT2D eigenvalue weighted by Gasteiger charge is -2.23. The Morgan fingerprint density at radius 2 is 1.89 bits per heavy atom. The molecule has 18 heavy (non-hydrogen) atoms. The van der Waals surface area contributed by atoms with Crippen LogP contribution < -0.4 is 5.73 Å². The molecule has 0 saturated heterocycles. The van der Waals surface area contributed by atoms with Gasteiger partial charge in [-0.1, -0.05) is 13.3 Å². The average molecular weight is 259 g/mol. The highest BCUT2D eigenvalue weighted by atomic mass is 16.3. The lowest BCUT2D eigenvalue weighted by Crippen LogP contribution is -2.35. The topological polar surface area (TPSA) is 69.8 Å². The van der Waals surface area contributed by atoms with Gasteiger partial charge >= 0.3 is 0 Å². The zero-order valence-electron chi connectivity index (χ0n) is 11.9. The van der Waals surface area contributed by atoms with Crippen molar-refractivity contribution in [1.82, 2.24) is 9.80 Å². The van der Waals surface area contributed by atoms with E-state index >= 15 is 0 Å². The molecule has 5 nitrogen and oxygen atoms in total. The minimum Gasteiger partial charge on any atom is -0.395 e. The SMILES string of the molecule is CCCCN(CCO)CCC(=O)N(C)CCCN. The van der Waals surface area contributed by atoms with Crippen LogP contribution in [0.1, 0.15) is 32.6 Å². The van der Waals surface area contributed by atoms with Crippen molar-refractivity contribution in [2.75, 3.05) is 46.4 Å². The van der Waals surface area contributed by atoms with Crippen molar-refractivity contribution in [3.05, 3.63) is 0 Å². The Morgan fingerprint density at radius 1 is 1.17 bits per heavy atom. The Kier molecular flexibility index (Phi) is 11.0. The van der Waals surface area contributed by atoms with Crippen LogP contribution in [-0.4, -0.2) is 67.2 Å². The first kappa shape index (κ1) is 17.4. The van der Waals surface area contributed by atoms with Crippen molar-refractivity contribution in [3.63, 3.8) is 0 Å². The molecule has 0 radical (unpaired) electrons. The number of hydrogen-bond acceptors (Lipinski definition) is 4. The van der Waals surface area contributed by atoms with Gasteiger partial charge in [0.05, 0.1) is 6.61 Å². The van der Waals surface area contributed by atoms with Crippen molar-refractivity contribution < 1.29 is 9.90 Å². The minimum atomic E-state index is 0.154.